The van der Waals surface area contributed by atoms with Gasteiger partial charge < -0.3 is 29.5 Å². The highest BCUT2D eigenvalue weighted by Crippen LogP contribution is 2.37. The number of phenolic OH excluding ortho intramolecular Hbond substituents is 1. The number of methoxy groups -OCH3 is 1. The van der Waals surface area contributed by atoms with Crippen LogP contribution in [0.15, 0.2) is 103 Å². The maximum absolute atomic E-state index is 14.7. The Hall–Kier alpha value is -4.38. The summed E-state index contributed by atoms with van der Waals surface area (Å²) in [6, 6.07) is 30.0. The average molecular weight is 648 g/mol. The van der Waals surface area contributed by atoms with Crippen LogP contribution in [0.2, 0.25) is 0 Å². The zero-order chi connectivity index (χ0) is 32.7. The van der Waals surface area contributed by atoms with Crippen molar-refractivity contribution in [2.45, 2.75) is 38.2 Å². The monoisotopic (exact) mass is 647 g/mol. The fourth-order valence-corrected chi connectivity index (χ4v) is 5.85. The number of carbonyl (C=O) groups excluding carboxylic acids is 1. The lowest BCUT2D eigenvalue weighted by molar-refractivity contribution is -0.0327. The van der Waals surface area contributed by atoms with Gasteiger partial charge in [0.25, 0.3) is 0 Å². The SMILES string of the molecule is COc1cc(CN2CCC(O)N(Cc3ccccc3)C(=O)N2C(Cc2ccccc2)c2cccc(OCP(=O)(O)O)c2)ccc1O. The summed E-state index contributed by atoms with van der Waals surface area (Å²) in [7, 11) is -2.96. The Kier molecular flexibility index (Phi) is 10.6. The number of ether oxygens (including phenoxy) is 2. The smallest absolute Gasteiger partial charge is 0.362 e. The summed E-state index contributed by atoms with van der Waals surface area (Å²) in [6.45, 7) is 0.761. The van der Waals surface area contributed by atoms with Gasteiger partial charge in [0.05, 0.1) is 13.2 Å². The van der Waals surface area contributed by atoms with Crippen LogP contribution in [0, 0.1) is 0 Å². The van der Waals surface area contributed by atoms with E-state index in [-0.39, 0.29) is 31.0 Å². The van der Waals surface area contributed by atoms with Gasteiger partial charge in [-0.1, -0.05) is 78.9 Å². The minimum atomic E-state index is -4.43. The third-order valence-electron chi connectivity index (χ3n) is 7.77. The van der Waals surface area contributed by atoms with Crippen molar-refractivity contribution in [2.75, 3.05) is 20.0 Å². The number of phenols is 1. The van der Waals surface area contributed by atoms with Gasteiger partial charge >= 0.3 is 13.6 Å². The predicted molar refractivity (Wildman–Crippen MR) is 172 cm³/mol. The maximum Gasteiger partial charge on any atom is 0.362 e. The molecule has 1 fully saturated rings. The molecule has 12 heteroatoms. The van der Waals surface area contributed by atoms with Crippen LogP contribution >= 0.6 is 7.60 Å². The summed E-state index contributed by atoms with van der Waals surface area (Å²) in [5.41, 5.74) is 3.26. The first-order valence-electron chi connectivity index (χ1n) is 14.8. The Balaban J connectivity index is 1.60. The number of hydrazine groups is 1. The molecule has 0 radical (unpaired) electrons. The first-order valence-corrected chi connectivity index (χ1v) is 16.6. The molecule has 0 bridgehead atoms. The zero-order valence-electron chi connectivity index (χ0n) is 25.4. The number of hydrogen-bond acceptors (Lipinski definition) is 7. The molecule has 1 aliphatic heterocycles. The highest BCUT2D eigenvalue weighted by atomic mass is 31.2. The molecule has 0 spiro atoms. The van der Waals surface area contributed by atoms with Crippen molar-refractivity contribution in [3.8, 4) is 17.2 Å². The quantitative estimate of drug-likeness (QED) is 0.151. The van der Waals surface area contributed by atoms with Crippen molar-refractivity contribution in [3.63, 3.8) is 0 Å². The van der Waals surface area contributed by atoms with Crippen molar-refractivity contribution in [1.82, 2.24) is 14.9 Å². The minimum absolute atomic E-state index is 0.00594. The van der Waals surface area contributed by atoms with E-state index in [1.54, 1.807) is 35.3 Å². The molecule has 5 rings (SSSR count). The lowest BCUT2D eigenvalue weighted by Gasteiger charge is -2.41. The third kappa shape index (κ3) is 8.45. The molecule has 0 aromatic heterocycles. The molecule has 0 aliphatic carbocycles. The molecule has 1 aliphatic rings. The zero-order valence-corrected chi connectivity index (χ0v) is 26.3. The fourth-order valence-electron chi connectivity index (χ4n) is 5.53. The predicted octanol–water partition coefficient (Wildman–Crippen LogP) is 5.26. The van der Waals surface area contributed by atoms with E-state index < -0.39 is 32.2 Å². The van der Waals surface area contributed by atoms with Crippen molar-refractivity contribution < 1.29 is 38.8 Å². The first kappa shape index (κ1) is 33.0. The number of urea groups is 1. The molecular weight excluding hydrogens is 609 g/mol. The Morgan fingerprint density at radius 2 is 1.57 bits per heavy atom. The Labute approximate surface area is 268 Å². The topological polar surface area (TPSA) is 143 Å². The van der Waals surface area contributed by atoms with E-state index in [2.05, 4.69) is 0 Å². The molecule has 11 nitrogen and oxygen atoms in total. The minimum Gasteiger partial charge on any atom is -0.504 e. The van der Waals surface area contributed by atoms with Gasteiger partial charge in [0.1, 0.15) is 12.0 Å². The first-order chi connectivity index (χ1) is 22.1. The highest BCUT2D eigenvalue weighted by molar-refractivity contribution is 7.51. The standard InChI is InChI=1S/C34H38N3O8P/c1-44-32-20-27(15-16-31(32)38)22-35-18-17-33(39)36(23-26-11-6-3-7-12-26)34(40)37(35)30(19-25-9-4-2-5-10-25)28-13-8-14-29(21-28)45-24-46(41,42)43/h2-16,20-21,30,33,38-39H,17-19,22-24H2,1H3,(H2,41,42,43). The van der Waals surface area contributed by atoms with E-state index in [1.165, 1.54) is 18.1 Å². The summed E-state index contributed by atoms with van der Waals surface area (Å²) < 4.78 is 22.3. The second-order valence-electron chi connectivity index (χ2n) is 11.1. The summed E-state index contributed by atoms with van der Waals surface area (Å²) >= 11 is 0. The van der Waals surface area contributed by atoms with Gasteiger partial charge in [-0.25, -0.2) is 14.8 Å². The van der Waals surface area contributed by atoms with Crippen LogP contribution in [0.4, 0.5) is 4.79 Å². The fraction of sp³-hybridized carbons (Fsp3) is 0.265. The van der Waals surface area contributed by atoms with E-state index in [0.29, 0.717) is 24.3 Å². The molecule has 0 saturated carbocycles. The van der Waals surface area contributed by atoms with Crippen LogP contribution in [0.3, 0.4) is 0 Å². The molecule has 1 saturated heterocycles. The number of aromatic hydroxyl groups is 1. The lowest BCUT2D eigenvalue weighted by atomic mass is 9.98. The molecule has 242 valence electrons. The van der Waals surface area contributed by atoms with Crippen molar-refractivity contribution in [1.29, 1.82) is 0 Å². The van der Waals surface area contributed by atoms with Gasteiger partial charge in [0, 0.05) is 26.1 Å². The second-order valence-corrected chi connectivity index (χ2v) is 12.7. The number of nitrogens with zero attached hydrogens (tertiary/aromatic N) is 3. The van der Waals surface area contributed by atoms with Crippen molar-refractivity contribution in [3.05, 3.63) is 125 Å². The van der Waals surface area contributed by atoms with Gasteiger partial charge in [-0.3, -0.25) is 9.46 Å². The largest absolute Gasteiger partial charge is 0.504 e. The van der Waals surface area contributed by atoms with Crippen LogP contribution in [0.25, 0.3) is 0 Å². The van der Waals surface area contributed by atoms with Gasteiger partial charge in [-0.2, -0.15) is 0 Å². The van der Waals surface area contributed by atoms with Crippen LogP contribution in [0.5, 0.6) is 17.2 Å². The lowest BCUT2D eigenvalue weighted by Crippen LogP contribution is -2.52. The Morgan fingerprint density at radius 3 is 2.24 bits per heavy atom. The molecule has 4 aromatic rings. The number of hydrogen-bond donors (Lipinski definition) is 4. The van der Waals surface area contributed by atoms with E-state index in [4.69, 9.17) is 9.47 Å². The third-order valence-corrected chi connectivity index (χ3v) is 8.23. The molecule has 46 heavy (non-hydrogen) atoms. The van der Waals surface area contributed by atoms with Crippen molar-refractivity contribution in [2.24, 2.45) is 0 Å². The van der Waals surface area contributed by atoms with Crippen LogP contribution in [-0.2, 0) is 24.1 Å². The molecule has 2 atom stereocenters. The number of amides is 2. The summed E-state index contributed by atoms with van der Waals surface area (Å²) in [6.07, 6.45) is -1.19. The number of rotatable bonds is 12. The highest BCUT2D eigenvalue weighted by Gasteiger charge is 2.39. The molecule has 2 unspecified atom stereocenters. The van der Waals surface area contributed by atoms with Gasteiger partial charge in [0.2, 0.25) is 0 Å². The van der Waals surface area contributed by atoms with E-state index in [9.17, 15) is 29.4 Å². The van der Waals surface area contributed by atoms with Crippen molar-refractivity contribution >= 4 is 13.6 Å². The number of benzene rings is 4. The van der Waals surface area contributed by atoms with E-state index >= 15 is 0 Å². The van der Waals surface area contributed by atoms with E-state index in [1.807, 2.05) is 71.7 Å². The molecule has 1 heterocycles. The normalized spacial score (nSPS) is 16.6. The molecular formula is C34H38N3O8P. The van der Waals surface area contributed by atoms with Crippen LogP contribution in [0.1, 0.15) is 34.7 Å². The summed E-state index contributed by atoms with van der Waals surface area (Å²) in [5, 5.41) is 25.1. The van der Waals surface area contributed by atoms with Gasteiger partial charge in [-0.05, 0) is 52.9 Å². The summed E-state index contributed by atoms with van der Waals surface area (Å²) in [4.78, 5) is 35.0. The average Bonchev–Trinajstić information content (AvgIpc) is 3.16. The number of carbonyl (C=O) groups is 1. The molecule has 4 N–H and O–H groups in total. The van der Waals surface area contributed by atoms with Crippen LogP contribution in [-0.4, -0.2) is 67.2 Å². The molecule has 2 amide bonds. The van der Waals surface area contributed by atoms with Crippen LogP contribution < -0.4 is 9.47 Å². The number of aliphatic hydroxyl groups is 1. The Morgan fingerprint density at radius 1 is 0.870 bits per heavy atom. The van der Waals surface area contributed by atoms with Gasteiger partial charge in [0.15, 0.2) is 17.8 Å². The van der Waals surface area contributed by atoms with E-state index in [0.717, 1.165) is 16.7 Å². The Bertz CT molecular complexity index is 1650. The summed E-state index contributed by atoms with van der Waals surface area (Å²) in [5.74, 6) is 0.539. The maximum atomic E-state index is 14.7. The van der Waals surface area contributed by atoms with Gasteiger partial charge in [-0.15, -0.1) is 0 Å². The second kappa shape index (κ2) is 14.8. The molecule has 4 aromatic carbocycles. The number of aliphatic hydroxyl groups excluding tert-OH is 1.